The molecule has 142 valence electrons. The van der Waals surface area contributed by atoms with Crippen LogP contribution in [0.25, 0.3) is 0 Å². The number of benzene rings is 1. The second-order valence-corrected chi connectivity index (χ2v) is 9.51. The van der Waals surface area contributed by atoms with Crippen molar-refractivity contribution >= 4 is 27.3 Å². The molecule has 6 nitrogen and oxygen atoms in total. The van der Waals surface area contributed by atoms with Crippen LogP contribution in [0.5, 0.6) is 0 Å². The smallest absolute Gasteiger partial charge is 0.227 e. The third kappa shape index (κ3) is 4.44. The Labute approximate surface area is 154 Å². The summed E-state index contributed by atoms with van der Waals surface area (Å²) in [5.74, 6) is -0.584. The predicted molar refractivity (Wildman–Crippen MR) is 101 cm³/mol. The van der Waals surface area contributed by atoms with Crippen molar-refractivity contribution < 1.29 is 18.0 Å². The molecule has 0 aromatic heterocycles. The Kier molecular flexibility index (Phi) is 5.65. The van der Waals surface area contributed by atoms with Gasteiger partial charge >= 0.3 is 0 Å². The summed E-state index contributed by atoms with van der Waals surface area (Å²) >= 11 is 0. The molecule has 2 saturated heterocycles. The van der Waals surface area contributed by atoms with Gasteiger partial charge in [0, 0.05) is 24.7 Å². The van der Waals surface area contributed by atoms with Crippen LogP contribution in [0.1, 0.15) is 38.2 Å². The summed E-state index contributed by atoms with van der Waals surface area (Å²) in [7, 11) is -3.03. The van der Waals surface area contributed by atoms with Gasteiger partial charge in [0.2, 0.25) is 11.8 Å². The molecule has 0 bridgehead atoms. The molecule has 2 fully saturated rings. The Balaban J connectivity index is 1.58. The first-order chi connectivity index (χ1) is 12.4. The van der Waals surface area contributed by atoms with Gasteiger partial charge < -0.3 is 10.2 Å². The van der Waals surface area contributed by atoms with E-state index in [4.69, 9.17) is 0 Å². The van der Waals surface area contributed by atoms with E-state index in [1.807, 2.05) is 24.3 Å². The van der Waals surface area contributed by atoms with Gasteiger partial charge in [0.1, 0.15) is 0 Å². The molecule has 7 heteroatoms. The van der Waals surface area contributed by atoms with Crippen LogP contribution in [0.2, 0.25) is 0 Å². The highest BCUT2D eigenvalue weighted by atomic mass is 32.2. The molecule has 1 N–H and O–H groups in total. The lowest BCUT2D eigenvalue weighted by Crippen LogP contribution is -2.40. The molecule has 2 aliphatic heterocycles. The second kappa shape index (κ2) is 7.78. The van der Waals surface area contributed by atoms with E-state index in [0.29, 0.717) is 13.0 Å². The molecule has 3 rings (SSSR count). The van der Waals surface area contributed by atoms with Gasteiger partial charge in [0.15, 0.2) is 9.84 Å². The van der Waals surface area contributed by atoms with E-state index in [1.165, 1.54) is 5.56 Å². The molecule has 1 aromatic rings. The first-order valence-corrected chi connectivity index (χ1v) is 11.1. The van der Waals surface area contributed by atoms with Crippen LogP contribution in [0.15, 0.2) is 24.3 Å². The topological polar surface area (TPSA) is 83.6 Å². The van der Waals surface area contributed by atoms with Crippen LogP contribution < -0.4 is 10.2 Å². The third-order valence-electron chi connectivity index (χ3n) is 5.14. The molecule has 0 radical (unpaired) electrons. The maximum Gasteiger partial charge on any atom is 0.227 e. The van der Waals surface area contributed by atoms with Gasteiger partial charge in [-0.2, -0.15) is 0 Å². The summed E-state index contributed by atoms with van der Waals surface area (Å²) in [5, 5.41) is 2.80. The van der Waals surface area contributed by atoms with E-state index in [9.17, 15) is 18.0 Å². The molecular weight excluding hydrogens is 352 g/mol. The first-order valence-electron chi connectivity index (χ1n) is 9.28. The largest absolute Gasteiger partial charge is 0.352 e. The van der Waals surface area contributed by atoms with Crippen LogP contribution in [-0.2, 0) is 25.8 Å². The first kappa shape index (κ1) is 18.9. The summed E-state index contributed by atoms with van der Waals surface area (Å²) in [6.45, 7) is 2.50. The molecule has 2 heterocycles. The van der Waals surface area contributed by atoms with Crippen LogP contribution in [-0.4, -0.2) is 44.3 Å². The van der Waals surface area contributed by atoms with Gasteiger partial charge in [-0.3, -0.25) is 9.59 Å². The summed E-state index contributed by atoms with van der Waals surface area (Å²) in [5.41, 5.74) is 2.06. The average Bonchev–Trinajstić information content (AvgIpc) is 3.15. The van der Waals surface area contributed by atoms with Crippen LogP contribution in [0, 0.1) is 5.92 Å². The predicted octanol–water partition coefficient (Wildman–Crippen LogP) is 1.69. The van der Waals surface area contributed by atoms with Crippen molar-refractivity contribution in [1.82, 2.24) is 5.32 Å². The molecular formula is C19H26N2O4S. The normalized spacial score (nSPS) is 24.8. The number of hydrogen-bond acceptors (Lipinski definition) is 4. The number of carbonyl (C=O) groups is 2. The Morgan fingerprint density at radius 2 is 2.00 bits per heavy atom. The number of anilines is 1. The molecule has 26 heavy (non-hydrogen) atoms. The van der Waals surface area contributed by atoms with Gasteiger partial charge in [0.05, 0.1) is 17.4 Å². The minimum Gasteiger partial charge on any atom is -0.352 e. The number of hydrogen-bond donors (Lipinski definition) is 1. The second-order valence-electron chi connectivity index (χ2n) is 7.28. The monoisotopic (exact) mass is 378 g/mol. The van der Waals surface area contributed by atoms with Gasteiger partial charge in [0.25, 0.3) is 0 Å². The number of sulfone groups is 1. The Morgan fingerprint density at radius 3 is 2.62 bits per heavy atom. The maximum atomic E-state index is 12.4. The minimum atomic E-state index is -3.03. The van der Waals surface area contributed by atoms with E-state index in [1.54, 1.807) is 4.90 Å². The Hall–Kier alpha value is -1.89. The Morgan fingerprint density at radius 1 is 1.27 bits per heavy atom. The number of unbranched alkanes of at least 4 members (excludes halogenated alkanes) is 1. The summed E-state index contributed by atoms with van der Waals surface area (Å²) in [6.07, 6.45) is 3.94. The van der Waals surface area contributed by atoms with Crippen molar-refractivity contribution in [2.45, 2.75) is 45.1 Å². The molecule has 0 saturated carbocycles. The molecule has 0 unspecified atom stereocenters. The quantitative estimate of drug-likeness (QED) is 0.816. The van der Waals surface area contributed by atoms with E-state index < -0.39 is 15.8 Å². The number of rotatable bonds is 6. The van der Waals surface area contributed by atoms with Gasteiger partial charge in [-0.15, -0.1) is 0 Å². The molecule has 2 amide bonds. The Bertz CT molecular complexity index is 773. The van der Waals surface area contributed by atoms with Crippen molar-refractivity contribution in [3.05, 3.63) is 29.8 Å². The molecule has 2 atom stereocenters. The minimum absolute atomic E-state index is 0.00232. The number of aryl methyl sites for hydroxylation is 1. The number of carbonyl (C=O) groups excluding carboxylic acids is 2. The fraction of sp³-hybridized carbons (Fsp3) is 0.579. The van der Waals surface area contributed by atoms with E-state index in [-0.39, 0.29) is 35.8 Å². The zero-order chi connectivity index (χ0) is 18.7. The fourth-order valence-electron chi connectivity index (χ4n) is 3.58. The summed E-state index contributed by atoms with van der Waals surface area (Å²) in [6, 6.07) is 7.62. The summed E-state index contributed by atoms with van der Waals surface area (Å²) < 4.78 is 23.0. The lowest BCUT2D eigenvalue weighted by atomic mass is 10.1. The van der Waals surface area contributed by atoms with Crippen molar-refractivity contribution in [3.8, 4) is 0 Å². The zero-order valence-electron chi connectivity index (χ0n) is 15.1. The van der Waals surface area contributed by atoms with Crippen LogP contribution in [0.4, 0.5) is 5.69 Å². The lowest BCUT2D eigenvalue weighted by Gasteiger charge is -2.18. The number of nitrogens with zero attached hydrogens (tertiary/aromatic N) is 1. The van der Waals surface area contributed by atoms with E-state index in [2.05, 4.69) is 12.2 Å². The molecule has 1 aromatic carbocycles. The number of amides is 2. The average molecular weight is 378 g/mol. The lowest BCUT2D eigenvalue weighted by molar-refractivity contribution is -0.126. The van der Waals surface area contributed by atoms with Crippen molar-refractivity contribution in [2.75, 3.05) is 23.0 Å². The molecule has 0 aliphatic carbocycles. The van der Waals surface area contributed by atoms with Crippen molar-refractivity contribution in [1.29, 1.82) is 0 Å². The SMILES string of the molecule is CCCCc1ccc(N2C[C@H](C(=O)N[C@@H]3CCS(=O)(=O)C3)CC2=O)cc1. The van der Waals surface area contributed by atoms with Gasteiger partial charge in [-0.1, -0.05) is 25.5 Å². The molecule has 0 spiro atoms. The highest BCUT2D eigenvalue weighted by Gasteiger charge is 2.37. The maximum absolute atomic E-state index is 12.4. The standard InChI is InChI=1S/C19H26N2O4S/c1-2-3-4-14-5-7-17(8-6-14)21-12-15(11-18(21)22)19(23)20-16-9-10-26(24,25)13-16/h5-8,15-16H,2-4,9-13H2,1H3,(H,20,23)/t15-,16-/m1/s1. The molecule has 2 aliphatic rings. The number of nitrogens with one attached hydrogen (secondary N) is 1. The highest BCUT2D eigenvalue weighted by Crippen LogP contribution is 2.26. The third-order valence-corrected chi connectivity index (χ3v) is 6.91. The van der Waals surface area contributed by atoms with E-state index >= 15 is 0 Å². The van der Waals surface area contributed by atoms with Gasteiger partial charge in [-0.25, -0.2) is 8.42 Å². The van der Waals surface area contributed by atoms with Crippen molar-refractivity contribution in [2.24, 2.45) is 5.92 Å². The highest BCUT2D eigenvalue weighted by molar-refractivity contribution is 7.91. The van der Waals surface area contributed by atoms with Crippen LogP contribution in [0.3, 0.4) is 0 Å². The fourth-order valence-corrected chi connectivity index (χ4v) is 5.26. The summed E-state index contributed by atoms with van der Waals surface area (Å²) in [4.78, 5) is 26.4. The van der Waals surface area contributed by atoms with Crippen LogP contribution >= 0.6 is 0 Å². The zero-order valence-corrected chi connectivity index (χ0v) is 15.9. The van der Waals surface area contributed by atoms with Gasteiger partial charge in [-0.05, 0) is 37.0 Å². The van der Waals surface area contributed by atoms with Crippen molar-refractivity contribution in [3.63, 3.8) is 0 Å². The van der Waals surface area contributed by atoms with E-state index in [0.717, 1.165) is 24.9 Å².